The number of benzene rings is 3. The lowest BCUT2D eigenvalue weighted by Gasteiger charge is -2.18. The second kappa shape index (κ2) is 8.36. The molecule has 0 saturated carbocycles. The van der Waals surface area contributed by atoms with E-state index in [1.165, 1.54) is 24.3 Å². The average Bonchev–Trinajstić information content (AvgIpc) is 2.67. The predicted octanol–water partition coefficient (Wildman–Crippen LogP) is 4.08. The molecule has 3 aromatic rings. The zero-order chi connectivity index (χ0) is 19.2. The number of carbonyl (C=O) groups excluding carboxylic acids is 1. The van der Waals surface area contributed by atoms with Crippen molar-refractivity contribution in [2.45, 2.75) is 18.9 Å². The zero-order valence-electron chi connectivity index (χ0n) is 14.6. The molecule has 5 heteroatoms. The third-order valence-electron chi connectivity index (χ3n) is 4.42. The molecular formula is C22H20FNO3. The minimum absolute atomic E-state index is 0.0497. The van der Waals surface area contributed by atoms with Crippen LogP contribution in [0.1, 0.15) is 29.0 Å². The molecule has 0 aliphatic rings. The minimum atomic E-state index is -0.416. The van der Waals surface area contributed by atoms with Crippen molar-refractivity contribution in [2.24, 2.45) is 0 Å². The smallest absolute Gasteiger partial charge is 0.221 e. The van der Waals surface area contributed by atoms with Crippen LogP contribution in [0, 0.1) is 5.82 Å². The Morgan fingerprint density at radius 3 is 2.37 bits per heavy atom. The summed E-state index contributed by atoms with van der Waals surface area (Å²) in [5.41, 5.74) is 1.81. The predicted molar refractivity (Wildman–Crippen MR) is 101 cm³/mol. The molecule has 138 valence electrons. The van der Waals surface area contributed by atoms with Crippen molar-refractivity contribution < 1.29 is 19.4 Å². The largest absolute Gasteiger partial charge is 0.508 e. The number of rotatable bonds is 6. The summed E-state index contributed by atoms with van der Waals surface area (Å²) < 4.78 is 14.3. The van der Waals surface area contributed by atoms with Crippen molar-refractivity contribution in [1.82, 2.24) is 5.32 Å². The van der Waals surface area contributed by atoms with Gasteiger partial charge in [-0.05, 0) is 29.3 Å². The molecule has 1 atom stereocenters. The van der Waals surface area contributed by atoms with Gasteiger partial charge in [-0.15, -0.1) is 0 Å². The highest BCUT2D eigenvalue weighted by atomic mass is 19.1. The zero-order valence-corrected chi connectivity index (χ0v) is 14.6. The van der Waals surface area contributed by atoms with Gasteiger partial charge in [-0.3, -0.25) is 4.79 Å². The average molecular weight is 365 g/mol. The van der Waals surface area contributed by atoms with Crippen molar-refractivity contribution >= 4 is 5.91 Å². The maximum absolute atomic E-state index is 14.3. The van der Waals surface area contributed by atoms with Crippen LogP contribution in [0.15, 0.2) is 72.8 Å². The summed E-state index contributed by atoms with van der Waals surface area (Å²) in [6.07, 6.45) is 0.0732. The molecular weight excluding hydrogens is 345 g/mol. The van der Waals surface area contributed by atoms with Gasteiger partial charge in [-0.25, -0.2) is 4.39 Å². The second-order valence-corrected chi connectivity index (χ2v) is 6.28. The van der Waals surface area contributed by atoms with Crippen LogP contribution in [-0.4, -0.2) is 16.1 Å². The maximum atomic E-state index is 14.3. The van der Waals surface area contributed by atoms with E-state index in [1.54, 1.807) is 18.2 Å². The Morgan fingerprint density at radius 2 is 1.67 bits per heavy atom. The molecule has 0 aliphatic heterocycles. The summed E-state index contributed by atoms with van der Waals surface area (Å²) in [4.78, 5) is 12.5. The van der Waals surface area contributed by atoms with E-state index in [0.717, 1.165) is 5.56 Å². The molecule has 0 heterocycles. The summed E-state index contributed by atoms with van der Waals surface area (Å²) in [6, 6.07) is 20.0. The minimum Gasteiger partial charge on any atom is -0.508 e. The van der Waals surface area contributed by atoms with Gasteiger partial charge < -0.3 is 15.5 Å². The van der Waals surface area contributed by atoms with Gasteiger partial charge in [-0.2, -0.15) is 0 Å². The Kier molecular flexibility index (Phi) is 5.71. The van der Waals surface area contributed by atoms with Gasteiger partial charge >= 0.3 is 0 Å². The summed E-state index contributed by atoms with van der Waals surface area (Å²) in [5.74, 6) is -1.17. The molecule has 27 heavy (non-hydrogen) atoms. The Labute approximate surface area is 156 Å². The monoisotopic (exact) mass is 365 g/mol. The molecule has 0 fully saturated rings. The molecule has 3 rings (SSSR count). The molecule has 0 saturated heterocycles. The normalized spacial score (nSPS) is 11.7. The van der Waals surface area contributed by atoms with Gasteiger partial charge in [0.2, 0.25) is 5.91 Å². The molecule has 1 amide bonds. The highest BCUT2D eigenvalue weighted by Crippen LogP contribution is 2.30. The first-order chi connectivity index (χ1) is 13.0. The van der Waals surface area contributed by atoms with Gasteiger partial charge in [0.15, 0.2) is 0 Å². The van der Waals surface area contributed by atoms with Crippen molar-refractivity contribution in [3.8, 4) is 11.5 Å². The van der Waals surface area contributed by atoms with E-state index in [2.05, 4.69) is 5.32 Å². The van der Waals surface area contributed by atoms with E-state index in [4.69, 9.17) is 0 Å². The first-order valence-electron chi connectivity index (χ1n) is 8.61. The van der Waals surface area contributed by atoms with Crippen molar-refractivity contribution in [3.63, 3.8) is 0 Å². The lowest BCUT2D eigenvalue weighted by Crippen LogP contribution is -2.25. The van der Waals surface area contributed by atoms with Crippen LogP contribution >= 0.6 is 0 Å². The van der Waals surface area contributed by atoms with Crippen LogP contribution < -0.4 is 5.32 Å². The third kappa shape index (κ3) is 4.64. The van der Waals surface area contributed by atoms with E-state index in [9.17, 15) is 19.4 Å². The maximum Gasteiger partial charge on any atom is 0.221 e. The summed E-state index contributed by atoms with van der Waals surface area (Å²) in [5, 5.41) is 21.9. The number of halogens is 1. The summed E-state index contributed by atoms with van der Waals surface area (Å²) >= 11 is 0. The second-order valence-electron chi connectivity index (χ2n) is 6.28. The number of hydrogen-bond donors (Lipinski definition) is 3. The number of nitrogens with one attached hydrogen (secondary N) is 1. The molecule has 0 aliphatic carbocycles. The molecule has 0 spiro atoms. The van der Waals surface area contributed by atoms with Crippen LogP contribution in [-0.2, 0) is 11.3 Å². The number of carbonyl (C=O) groups is 1. The van der Waals surface area contributed by atoms with E-state index in [-0.39, 0.29) is 36.2 Å². The van der Waals surface area contributed by atoms with E-state index in [1.807, 2.05) is 30.3 Å². The Bertz CT molecular complexity index is 928. The molecule has 0 unspecified atom stereocenters. The lowest BCUT2D eigenvalue weighted by atomic mass is 9.88. The van der Waals surface area contributed by atoms with Crippen LogP contribution in [0.4, 0.5) is 4.39 Å². The van der Waals surface area contributed by atoms with Crippen molar-refractivity contribution in [2.75, 3.05) is 0 Å². The highest BCUT2D eigenvalue weighted by Gasteiger charge is 2.21. The number of phenols is 2. The quantitative estimate of drug-likeness (QED) is 0.617. The Balaban J connectivity index is 1.76. The fraction of sp³-hybridized carbons (Fsp3) is 0.136. The van der Waals surface area contributed by atoms with Crippen LogP contribution in [0.25, 0.3) is 0 Å². The van der Waals surface area contributed by atoms with Gasteiger partial charge in [0.05, 0.1) is 0 Å². The number of aromatic hydroxyl groups is 2. The van der Waals surface area contributed by atoms with Crippen LogP contribution in [0.5, 0.6) is 11.5 Å². The first-order valence-corrected chi connectivity index (χ1v) is 8.61. The standard InChI is InChI=1S/C22H20FNO3/c23-20-9-5-4-8-18(20)19(15-6-2-1-3-7-15)13-22(27)24-14-16-10-11-17(25)12-21(16)26/h1-12,19,25-26H,13-14H2,(H,24,27)/t19-/m1/s1. The van der Waals surface area contributed by atoms with Gasteiger partial charge in [0.1, 0.15) is 17.3 Å². The topological polar surface area (TPSA) is 69.6 Å². The number of hydrogen-bond acceptors (Lipinski definition) is 3. The van der Waals surface area contributed by atoms with Crippen LogP contribution in [0.3, 0.4) is 0 Å². The van der Waals surface area contributed by atoms with Gasteiger partial charge in [0, 0.05) is 30.5 Å². The molecule has 3 N–H and O–H groups in total. The number of phenolic OH excluding ortho intramolecular Hbond substituents is 2. The summed E-state index contributed by atoms with van der Waals surface area (Å²) in [7, 11) is 0. The van der Waals surface area contributed by atoms with E-state index in [0.29, 0.717) is 11.1 Å². The Morgan fingerprint density at radius 1 is 0.963 bits per heavy atom. The van der Waals surface area contributed by atoms with Gasteiger partial charge in [-0.1, -0.05) is 48.5 Å². The molecule has 0 bridgehead atoms. The fourth-order valence-electron chi connectivity index (χ4n) is 3.00. The van der Waals surface area contributed by atoms with Crippen LogP contribution in [0.2, 0.25) is 0 Å². The van der Waals surface area contributed by atoms with E-state index < -0.39 is 5.92 Å². The molecule has 0 radical (unpaired) electrons. The van der Waals surface area contributed by atoms with Gasteiger partial charge in [0.25, 0.3) is 0 Å². The molecule has 4 nitrogen and oxygen atoms in total. The van der Waals surface area contributed by atoms with Crippen molar-refractivity contribution in [3.05, 3.63) is 95.3 Å². The SMILES string of the molecule is O=C(C[C@H](c1ccccc1)c1ccccc1F)NCc1ccc(O)cc1O. The third-order valence-corrected chi connectivity index (χ3v) is 4.42. The van der Waals surface area contributed by atoms with E-state index >= 15 is 0 Å². The molecule has 0 aromatic heterocycles. The fourth-order valence-corrected chi connectivity index (χ4v) is 3.00. The number of amides is 1. The Hall–Kier alpha value is -3.34. The molecule has 3 aromatic carbocycles. The summed E-state index contributed by atoms with van der Waals surface area (Å²) in [6.45, 7) is 0.115. The first kappa shape index (κ1) is 18.5. The van der Waals surface area contributed by atoms with Crippen molar-refractivity contribution in [1.29, 1.82) is 0 Å². The lowest BCUT2D eigenvalue weighted by molar-refractivity contribution is -0.121. The highest BCUT2D eigenvalue weighted by molar-refractivity contribution is 5.77.